The second-order valence-corrected chi connectivity index (χ2v) is 7.61. The number of hydrogen-bond acceptors (Lipinski definition) is 6. The molecule has 158 valence electrons. The van der Waals surface area contributed by atoms with E-state index < -0.39 is 0 Å². The number of nitrogens with zero attached hydrogens (tertiary/aromatic N) is 1. The van der Waals surface area contributed by atoms with Crippen molar-refractivity contribution in [2.45, 2.75) is 32.2 Å². The molecule has 2 aromatic carbocycles. The van der Waals surface area contributed by atoms with Gasteiger partial charge in [0.2, 0.25) is 0 Å². The molecule has 0 saturated carbocycles. The van der Waals surface area contributed by atoms with E-state index in [0.717, 1.165) is 42.2 Å². The van der Waals surface area contributed by atoms with Gasteiger partial charge in [-0.1, -0.05) is 38.0 Å². The predicted molar refractivity (Wildman–Crippen MR) is 122 cm³/mol. The van der Waals surface area contributed by atoms with E-state index in [9.17, 15) is 9.90 Å². The number of anilines is 2. The first-order valence-corrected chi connectivity index (χ1v) is 10.7. The second kappa shape index (κ2) is 10.6. The summed E-state index contributed by atoms with van der Waals surface area (Å²) in [6, 6.07) is 16.6. The number of aromatic amines is 1. The Hall–Kier alpha value is -3.10. The summed E-state index contributed by atoms with van der Waals surface area (Å²) < 4.78 is 8.49. The minimum Gasteiger partial charge on any atom is -0.457 e. The Labute approximate surface area is 179 Å². The van der Waals surface area contributed by atoms with Crippen LogP contribution in [0.2, 0.25) is 0 Å². The number of ether oxygens (including phenoxy) is 1. The lowest BCUT2D eigenvalue weighted by Gasteiger charge is -2.11. The van der Waals surface area contributed by atoms with Gasteiger partial charge in [0.25, 0.3) is 5.56 Å². The quantitative estimate of drug-likeness (QED) is 0.286. The zero-order valence-corrected chi connectivity index (χ0v) is 17.6. The molecular weight excluding hydrogens is 400 g/mol. The van der Waals surface area contributed by atoms with Crippen molar-refractivity contribution in [3.63, 3.8) is 0 Å². The van der Waals surface area contributed by atoms with Crippen LogP contribution in [-0.4, -0.2) is 28.0 Å². The van der Waals surface area contributed by atoms with Crippen LogP contribution in [0.25, 0.3) is 0 Å². The molecule has 3 rings (SSSR count). The standard InChI is InChI=1S/C22H26N4O3S/c1-2-3-7-16(14-27)24-20(23)19-21(28)26-30-22(19)25-15-10-12-18(13-11-15)29-17-8-5-4-6-9-17/h4-6,8-13,16,25,27H,2-3,7,14H2,1H3,(H2,23,24)(H,26,28)/t16-/m1/s1. The Morgan fingerprint density at radius 2 is 1.90 bits per heavy atom. The number of nitrogens with two attached hydrogens (primary N) is 1. The van der Waals surface area contributed by atoms with E-state index in [1.54, 1.807) is 0 Å². The highest BCUT2D eigenvalue weighted by molar-refractivity contribution is 7.10. The fourth-order valence-corrected chi connectivity index (χ4v) is 3.65. The van der Waals surface area contributed by atoms with E-state index in [1.165, 1.54) is 0 Å². The Morgan fingerprint density at radius 3 is 2.57 bits per heavy atom. The molecule has 0 bridgehead atoms. The van der Waals surface area contributed by atoms with Gasteiger partial charge in [-0.3, -0.25) is 14.2 Å². The van der Waals surface area contributed by atoms with E-state index in [-0.39, 0.29) is 24.0 Å². The van der Waals surface area contributed by atoms with Gasteiger partial charge in [0.1, 0.15) is 27.9 Å². The van der Waals surface area contributed by atoms with Crippen molar-refractivity contribution in [3.8, 4) is 11.5 Å². The summed E-state index contributed by atoms with van der Waals surface area (Å²) >= 11 is 1.16. The first-order chi connectivity index (χ1) is 14.6. The highest BCUT2D eigenvalue weighted by Crippen LogP contribution is 2.26. The number of nitrogens with one attached hydrogen (secondary N) is 2. The van der Waals surface area contributed by atoms with Crippen LogP contribution in [0, 0.1) is 0 Å². The molecule has 30 heavy (non-hydrogen) atoms. The summed E-state index contributed by atoms with van der Waals surface area (Å²) in [6.07, 6.45) is 2.66. The van der Waals surface area contributed by atoms with Crippen LogP contribution >= 0.6 is 11.5 Å². The van der Waals surface area contributed by atoms with Gasteiger partial charge < -0.3 is 20.9 Å². The molecule has 7 nitrogen and oxygen atoms in total. The van der Waals surface area contributed by atoms with E-state index >= 15 is 0 Å². The maximum atomic E-state index is 12.3. The third-order valence-electron chi connectivity index (χ3n) is 4.47. The molecule has 0 radical (unpaired) electrons. The van der Waals surface area contributed by atoms with Crippen LogP contribution in [0.15, 0.2) is 64.4 Å². The second-order valence-electron chi connectivity index (χ2n) is 6.79. The average Bonchev–Trinajstić information content (AvgIpc) is 3.13. The summed E-state index contributed by atoms with van der Waals surface area (Å²) in [5.41, 5.74) is 6.89. The molecule has 0 aliphatic rings. The van der Waals surface area contributed by atoms with Crippen molar-refractivity contribution in [1.29, 1.82) is 0 Å². The maximum absolute atomic E-state index is 12.3. The third-order valence-corrected chi connectivity index (χ3v) is 5.27. The third kappa shape index (κ3) is 5.71. The van der Waals surface area contributed by atoms with E-state index in [2.05, 4.69) is 21.6 Å². The number of aliphatic hydroxyl groups excluding tert-OH is 1. The van der Waals surface area contributed by atoms with Gasteiger partial charge in [0.05, 0.1) is 12.6 Å². The molecule has 0 spiro atoms. The number of rotatable bonds is 10. The van der Waals surface area contributed by atoms with Crippen LogP contribution < -0.4 is 21.3 Å². The Bertz CT molecular complexity index is 1010. The minimum atomic E-state index is -0.313. The Kier molecular flexibility index (Phi) is 7.64. The highest BCUT2D eigenvalue weighted by atomic mass is 32.1. The number of hydrogen-bond donors (Lipinski definition) is 4. The molecule has 0 aliphatic carbocycles. The van der Waals surface area contributed by atoms with Crippen LogP contribution in [0.4, 0.5) is 10.7 Å². The van der Waals surface area contributed by atoms with Gasteiger partial charge in [0.15, 0.2) is 0 Å². The molecule has 0 aliphatic heterocycles. The average molecular weight is 427 g/mol. The summed E-state index contributed by atoms with van der Waals surface area (Å²) in [4.78, 5) is 16.7. The summed E-state index contributed by atoms with van der Waals surface area (Å²) in [5, 5.41) is 13.3. The molecule has 0 saturated heterocycles. The van der Waals surface area contributed by atoms with Gasteiger partial charge in [0, 0.05) is 5.69 Å². The lowest BCUT2D eigenvalue weighted by Crippen LogP contribution is -2.25. The molecule has 1 aromatic heterocycles. The van der Waals surface area contributed by atoms with Crippen LogP contribution in [-0.2, 0) is 0 Å². The number of aliphatic hydroxyl groups is 1. The monoisotopic (exact) mass is 426 g/mol. The maximum Gasteiger partial charge on any atom is 0.271 e. The van der Waals surface area contributed by atoms with Gasteiger partial charge in [-0.25, -0.2) is 0 Å². The first kappa shape index (κ1) is 21.6. The fourth-order valence-electron chi connectivity index (χ4n) is 2.88. The fraction of sp³-hybridized carbons (Fsp3) is 0.273. The van der Waals surface area contributed by atoms with Gasteiger partial charge in [-0.2, -0.15) is 0 Å². The molecule has 1 heterocycles. The van der Waals surface area contributed by atoms with Crippen LogP contribution in [0.5, 0.6) is 11.5 Å². The number of aromatic nitrogens is 1. The number of benzene rings is 2. The summed E-state index contributed by atoms with van der Waals surface area (Å²) in [5.74, 6) is 1.59. The molecular formula is C22H26N4O3S. The van der Waals surface area contributed by atoms with Gasteiger partial charge in [-0.05, 0) is 54.4 Å². The predicted octanol–water partition coefficient (Wildman–Crippen LogP) is 4.23. The number of H-pyrrole nitrogens is 1. The molecule has 1 atom stereocenters. The smallest absolute Gasteiger partial charge is 0.271 e. The zero-order valence-electron chi connectivity index (χ0n) is 16.8. The molecule has 0 fully saturated rings. The SMILES string of the molecule is CCCC[C@H](CO)N=C(N)c1c(Nc2ccc(Oc3ccccc3)cc2)s[nH]c1=O. The van der Waals surface area contributed by atoms with Gasteiger partial charge >= 0.3 is 0 Å². The summed E-state index contributed by atoms with van der Waals surface area (Å²) in [6.45, 7) is 1.97. The highest BCUT2D eigenvalue weighted by Gasteiger charge is 2.16. The number of unbranched alkanes of at least 4 members (excludes halogenated alkanes) is 1. The molecule has 5 N–H and O–H groups in total. The van der Waals surface area contributed by atoms with E-state index in [4.69, 9.17) is 10.5 Å². The Morgan fingerprint density at radius 1 is 1.20 bits per heavy atom. The van der Waals surface area contributed by atoms with Gasteiger partial charge in [-0.15, -0.1) is 0 Å². The van der Waals surface area contributed by atoms with E-state index in [1.807, 2.05) is 54.6 Å². The van der Waals surface area contributed by atoms with E-state index in [0.29, 0.717) is 16.3 Å². The minimum absolute atomic E-state index is 0.103. The largest absolute Gasteiger partial charge is 0.457 e. The Balaban J connectivity index is 1.74. The van der Waals surface area contributed by atoms with Crippen molar-refractivity contribution >= 4 is 28.1 Å². The van der Waals surface area contributed by atoms with Crippen molar-refractivity contribution in [2.24, 2.45) is 10.7 Å². The first-order valence-electron chi connectivity index (χ1n) is 9.86. The summed E-state index contributed by atoms with van der Waals surface area (Å²) in [7, 11) is 0. The molecule has 0 amide bonds. The van der Waals surface area contributed by atoms with Crippen molar-refractivity contribution in [1.82, 2.24) is 4.37 Å². The van der Waals surface area contributed by atoms with Crippen LogP contribution in [0.1, 0.15) is 31.7 Å². The van der Waals surface area contributed by atoms with Crippen molar-refractivity contribution in [3.05, 3.63) is 70.5 Å². The topological polar surface area (TPSA) is 113 Å². The lowest BCUT2D eigenvalue weighted by molar-refractivity contribution is 0.259. The normalized spacial score (nSPS) is 12.5. The number of amidine groups is 1. The molecule has 8 heteroatoms. The zero-order chi connectivity index (χ0) is 21.3. The number of aliphatic imine (C=N–C) groups is 1. The molecule has 0 unspecified atom stereocenters. The van der Waals surface area contributed by atoms with Crippen LogP contribution in [0.3, 0.4) is 0 Å². The molecule has 3 aromatic rings. The lowest BCUT2D eigenvalue weighted by atomic mass is 10.1. The number of para-hydroxylation sites is 1. The van der Waals surface area contributed by atoms with Crippen molar-refractivity contribution in [2.75, 3.05) is 11.9 Å². The van der Waals surface area contributed by atoms with Crippen molar-refractivity contribution < 1.29 is 9.84 Å².